The molecule has 2 N–H and O–H groups in total. The van der Waals surface area contributed by atoms with E-state index in [1.54, 1.807) is 12.1 Å². The van der Waals surface area contributed by atoms with Gasteiger partial charge >= 0.3 is 0 Å². The smallest absolute Gasteiger partial charge is 0.123 e. The van der Waals surface area contributed by atoms with Crippen LogP contribution in [0.2, 0.25) is 0 Å². The Balaban J connectivity index is 1.35. The molecule has 124 valence electrons. The van der Waals surface area contributed by atoms with Gasteiger partial charge in [-0.25, -0.2) is 4.39 Å². The van der Waals surface area contributed by atoms with Crippen molar-refractivity contribution < 1.29 is 18.7 Å². The van der Waals surface area contributed by atoms with Crippen molar-refractivity contribution in [2.75, 3.05) is 13.2 Å². The second kappa shape index (κ2) is 7.15. The first kappa shape index (κ1) is 16.0. The van der Waals surface area contributed by atoms with Gasteiger partial charge in [0.1, 0.15) is 35.8 Å². The third kappa shape index (κ3) is 4.56. The first-order valence-corrected chi connectivity index (χ1v) is 7.97. The van der Waals surface area contributed by atoms with Gasteiger partial charge in [-0.15, -0.1) is 0 Å². The summed E-state index contributed by atoms with van der Waals surface area (Å²) in [7, 11) is 0. The van der Waals surface area contributed by atoms with Crippen LogP contribution in [0, 0.1) is 11.7 Å². The zero-order chi connectivity index (χ0) is 16.2. The maximum Gasteiger partial charge on any atom is 0.123 e. The number of hydrogen-bond acceptors (Lipinski definition) is 4. The van der Waals surface area contributed by atoms with E-state index >= 15 is 0 Å². The van der Waals surface area contributed by atoms with Gasteiger partial charge in [-0.3, -0.25) is 0 Å². The lowest BCUT2D eigenvalue weighted by molar-refractivity contribution is 0.105. The van der Waals surface area contributed by atoms with Crippen LogP contribution in [0.3, 0.4) is 0 Å². The molecule has 1 aromatic heterocycles. The van der Waals surface area contributed by atoms with Crippen molar-refractivity contribution in [3.8, 4) is 5.75 Å². The van der Waals surface area contributed by atoms with Crippen molar-refractivity contribution in [2.24, 2.45) is 5.92 Å². The number of aliphatic hydroxyl groups excluding tert-OH is 1. The number of halogens is 1. The predicted molar refractivity (Wildman–Crippen MR) is 84.8 cm³/mol. The molecule has 0 saturated heterocycles. The predicted octanol–water partition coefficient (Wildman–Crippen LogP) is 3.07. The van der Waals surface area contributed by atoms with Crippen molar-refractivity contribution in [3.05, 3.63) is 53.7 Å². The molecule has 23 heavy (non-hydrogen) atoms. The molecule has 0 amide bonds. The Bertz CT molecular complexity index is 625. The van der Waals surface area contributed by atoms with Crippen LogP contribution in [0.25, 0.3) is 0 Å². The van der Waals surface area contributed by atoms with E-state index in [1.165, 1.54) is 18.6 Å². The van der Waals surface area contributed by atoms with Gasteiger partial charge in [0.2, 0.25) is 0 Å². The minimum Gasteiger partial charge on any atom is -0.491 e. The van der Waals surface area contributed by atoms with E-state index in [0.717, 1.165) is 17.4 Å². The lowest BCUT2D eigenvalue weighted by Gasteiger charge is -2.12. The zero-order valence-corrected chi connectivity index (χ0v) is 13.2. The molecule has 0 spiro atoms. The highest BCUT2D eigenvalue weighted by atomic mass is 19.1. The molecule has 1 aromatic carbocycles. The van der Waals surface area contributed by atoms with Crippen molar-refractivity contribution >= 4 is 0 Å². The largest absolute Gasteiger partial charge is 0.491 e. The summed E-state index contributed by atoms with van der Waals surface area (Å²) in [6.07, 6.45) is 0.567. The molecule has 3 unspecified atom stereocenters. The van der Waals surface area contributed by atoms with Crippen LogP contribution in [-0.4, -0.2) is 24.4 Å². The van der Waals surface area contributed by atoms with Crippen molar-refractivity contribution in [1.82, 2.24) is 5.32 Å². The van der Waals surface area contributed by atoms with E-state index in [0.29, 0.717) is 24.8 Å². The maximum absolute atomic E-state index is 12.8. The van der Waals surface area contributed by atoms with E-state index in [9.17, 15) is 9.50 Å². The summed E-state index contributed by atoms with van der Waals surface area (Å²) in [4.78, 5) is 0. The second-order valence-electron chi connectivity index (χ2n) is 6.17. The lowest BCUT2D eigenvalue weighted by Crippen LogP contribution is -2.31. The molecule has 3 rings (SSSR count). The standard InChI is InChI=1S/C18H22FNO3/c1-12-8-17(12)18-7-6-16(23-18)10-20-9-14(21)11-22-15-4-2-13(19)3-5-15/h2-7,12,14,17,20-21H,8-11H2,1H3. The Morgan fingerprint density at radius 3 is 2.74 bits per heavy atom. The number of nitrogens with one attached hydrogen (secondary N) is 1. The Kier molecular flexibility index (Phi) is 4.98. The summed E-state index contributed by atoms with van der Waals surface area (Å²) < 4.78 is 24.0. The summed E-state index contributed by atoms with van der Waals surface area (Å²) in [6.45, 7) is 3.36. The van der Waals surface area contributed by atoms with Gasteiger partial charge in [-0.05, 0) is 48.7 Å². The SMILES string of the molecule is CC1CC1c1ccc(CNCC(O)COc2ccc(F)cc2)o1. The van der Waals surface area contributed by atoms with Crippen LogP contribution in [0.5, 0.6) is 5.75 Å². The molecule has 3 atom stereocenters. The van der Waals surface area contributed by atoms with Crippen molar-refractivity contribution in [1.29, 1.82) is 0 Å². The van der Waals surface area contributed by atoms with Crippen LogP contribution in [0.15, 0.2) is 40.8 Å². The highest BCUT2D eigenvalue weighted by molar-refractivity contribution is 5.22. The minimum atomic E-state index is -0.641. The Labute approximate surface area is 135 Å². The molecule has 1 saturated carbocycles. The molecular weight excluding hydrogens is 297 g/mol. The van der Waals surface area contributed by atoms with E-state index in [1.807, 2.05) is 12.1 Å². The van der Waals surface area contributed by atoms with Gasteiger partial charge < -0.3 is 19.6 Å². The number of benzene rings is 1. The summed E-state index contributed by atoms with van der Waals surface area (Å²) in [6, 6.07) is 9.76. The zero-order valence-electron chi connectivity index (χ0n) is 13.2. The number of ether oxygens (including phenoxy) is 1. The highest BCUT2D eigenvalue weighted by Gasteiger charge is 2.36. The minimum absolute atomic E-state index is 0.154. The number of rotatable bonds is 8. The fourth-order valence-corrected chi connectivity index (χ4v) is 2.55. The molecule has 0 bridgehead atoms. The Morgan fingerprint density at radius 2 is 2.04 bits per heavy atom. The van der Waals surface area contributed by atoms with Crippen LogP contribution in [0.4, 0.5) is 4.39 Å². The van der Waals surface area contributed by atoms with E-state index in [2.05, 4.69) is 12.2 Å². The van der Waals surface area contributed by atoms with Crippen LogP contribution in [0.1, 0.15) is 30.8 Å². The van der Waals surface area contributed by atoms with Gasteiger partial charge in [0, 0.05) is 12.5 Å². The van der Waals surface area contributed by atoms with Gasteiger partial charge in [0.15, 0.2) is 0 Å². The summed E-state index contributed by atoms with van der Waals surface area (Å²) in [5.74, 6) is 3.49. The van der Waals surface area contributed by atoms with Crippen LogP contribution in [-0.2, 0) is 6.54 Å². The average Bonchev–Trinajstić information content (AvgIpc) is 3.08. The van der Waals surface area contributed by atoms with Crippen molar-refractivity contribution in [3.63, 3.8) is 0 Å². The Morgan fingerprint density at radius 1 is 1.30 bits per heavy atom. The fraction of sp³-hybridized carbons (Fsp3) is 0.444. The third-order valence-electron chi connectivity index (χ3n) is 4.09. The first-order valence-electron chi connectivity index (χ1n) is 7.97. The van der Waals surface area contributed by atoms with E-state index in [-0.39, 0.29) is 12.4 Å². The van der Waals surface area contributed by atoms with Gasteiger partial charge in [0.25, 0.3) is 0 Å². The van der Waals surface area contributed by atoms with Crippen LogP contribution >= 0.6 is 0 Å². The fourth-order valence-electron chi connectivity index (χ4n) is 2.55. The molecule has 5 heteroatoms. The maximum atomic E-state index is 12.8. The summed E-state index contributed by atoms with van der Waals surface area (Å²) in [5, 5.41) is 13.0. The topological polar surface area (TPSA) is 54.6 Å². The molecule has 0 aliphatic heterocycles. The number of hydrogen-bond donors (Lipinski definition) is 2. The molecule has 2 aromatic rings. The first-order chi connectivity index (χ1) is 11.1. The lowest BCUT2D eigenvalue weighted by atomic mass is 10.3. The number of furan rings is 1. The highest BCUT2D eigenvalue weighted by Crippen LogP contribution is 2.47. The quantitative estimate of drug-likeness (QED) is 0.785. The molecule has 4 nitrogen and oxygen atoms in total. The normalized spacial score (nSPS) is 21.2. The molecule has 0 radical (unpaired) electrons. The van der Waals surface area contributed by atoms with Gasteiger partial charge in [-0.2, -0.15) is 0 Å². The van der Waals surface area contributed by atoms with Crippen LogP contribution < -0.4 is 10.1 Å². The average molecular weight is 319 g/mol. The van der Waals surface area contributed by atoms with E-state index in [4.69, 9.17) is 9.15 Å². The second-order valence-corrected chi connectivity index (χ2v) is 6.17. The number of aliphatic hydroxyl groups is 1. The van der Waals surface area contributed by atoms with Gasteiger partial charge in [-0.1, -0.05) is 6.92 Å². The summed E-state index contributed by atoms with van der Waals surface area (Å²) >= 11 is 0. The molecule has 1 fully saturated rings. The Hall–Kier alpha value is -1.85. The molecule has 1 heterocycles. The van der Waals surface area contributed by atoms with Crippen molar-refractivity contribution in [2.45, 2.75) is 31.9 Å². The third-order valence-corrected chi connectivity index (χ3v) is 4.09. The van der Waals surface area contributed by atoms with E-state index < -0.39 is 6.10 Å². The molecular formula is C18H22FNO3. The summed E-state index contributed by atoms with van der Waals surface area (Å²) in [5.41, 5.74) is 0. The monoisotopic (exact) mass is 319 g/mol. The van der Waals surface area contributed by atoms with Gasteiger partial charge in [0.05, 0.1) is 6.54 Å². The molecule has 1 aliphatic rings. The molecule has 1 aliphatic carbocycles.